The Morgan fingerprint density at radius 3 is 2.85 bits per heavy atom. The molecule has 0 bridgehead atoms. The summed E-state index contributed by atoms with van der Waals surface area (Å²) in [7, 11) is 0. The predicted molar refractivity (Wildman–Crippen MR) is 91.7 cm³/mol. The topological polar surface area (TPSA) is 24.9 Å². The number of thiazole rings is 1. The highest BCUT2D eigenvalue weighted by Gasteiger charge is 2.15. The Bertz CT molecular complexity index is 598. The largest absolute Gasteiger partial charge is 0.309 e. The van der Waals surface area contributed by atoms with Gasteiger partial charge in [0.2, 0.25) is 0 Å². The summed E-state index contributed by atoms with van der Waals surface area (Å²) in [6.45, 7) is 7.47. The van der Waals surface area contributed by atoms with E-state index in [1.54, 1.807) is 11.3 Å². The van der Waals surface area contributed by atoms with Crippen molar-refractivity contribution in [3.8, 4) is 10.6 Å². The third kappa shape index (κ3) is 3.61. The van der Waals surface area contributed by atoms with E-state index in [4.69, 9.17) is 16.6 Å². The molecule has 1 aromatic carbocycles. The number of nitrogens with one attached hydrogen (secondary N) is 1. The zero-order valence-corrected chi connectivity index (χ0v) is 15.0. The van der Waals surface area contributed by atoms with E-state index in [1.165, 1.54) is 4.88 Å². The molecule has 1 unspecified atom stereocenters. The average Bonchev–Trinajstić information content (AvgIpc) is 2.81. The lowest BCUT2D eigenvalue weighted by Gasteiger charge is -2.11. The van der Waals surface area contributed by atoms with Gasteiger partial charge in [-0.3, -0.25) is 0 Å². The van der Waals surface area contributed by atoms with Crippen molar-refractivity contribution in [1.29, 1.82) is 0 Å². The van der Waals surface area contributed by atoms with E-state index >= 15 is 0 Å². The molecule has 20 heavy (non-hydrogen) atoms. The first kappa shape index (κ1) is 16.0. The molecule has 0 amide bonds. The van der Waals surface area contributed by atoms with Crippen LogP contribution in [0.3, 0.4) is 0 Å². The maximum absolute atomic E-state index is 6.04. The highest BCUT2D eigenvalue weighted by molar-refractivity contribution is 9.10. The van der Waals surface area contributed by atoms with Crippen molar-refractivity contribution in [2.75, 3.05) is 6.54 Å². The van der Waals surface area contributed by atoms with Gasteiger partial charge in [0, 0.05) is 21.0 Å². The summed E-state index contributed by atoms with van der Waals surface area (Å²) in [5.41, 5.74) is 2.20. The number of halogens is 2. The summed E-state index contributed by atoms with van der Waals surface area (Å²) in [4.78, 5) is 6.00. The fraction of sp³-hybridized carbons (Fsp3) is 0.400. The fourth-order valence-corrected chi connectivity index (χ4v) is 3.60. The number of hydrogen-bond acceptors (Lipinski definition) is 3. The highest BCUT2D eigenvalue weighted by Crippen LogP contribution is 2.34. The van der Waals surface area contributed by atoms with Gasteiger partial charge < -0.3 is 5.32 Å². The van der Waals surface area contributed by atoms with E-state index in [2.05, 4.69) is 42.0 Å². The molecule has 5 heteroatoms. The van der Waals surface area contributed by atoms with Crippen molar-refractivity contribution in [2.45, 2.75) is 33.2 Å². The number of aromatic nitrogens is 1. The minimum absolute atomic E-state index is 0.344. The normalized spacial score (nSPS) is 12.7. The van der Waals surface area contributed by atoms with Crippen LogP contribution in [0.4, 0.5) is 0 Å². The molecule has 0 fully saturated rings. The Kier molecular flexibility index (Phi) is 5.61. The maximum Gasteiger partial charge on any atom is 0.123 e. The van der Waals surface area contributed by atoms with Gasteiger partial charge in [-0.15, -0.1) is 11.3 Å². The minimum Gasteiger partial charge on any atom is -0.309 e. The van der Waals surface area contributed by atoms with E-state index in [9.17, 15) is 0 Å². The Hall–Kier alpha value is -0.420. The lowest BCUT2D eigenvalue weighted by atomic mass is 10.2. The van der Waals surface area contributed by atoms with Crippen molar-refractivity contribution in [2.24, 2.45) is 0 Å². The summed E-state index contributed by atoms with van der Waals surface area (Å²) in [5, 5.41) is 5.28. The summed E-state index contributed by atoms with van der Waals surface area (Å²) >= 11 is 11.3. The second kappa shape index (κ2) is 7.03. The molecule has 2 aromatic rings. The molecule has 0 aliphatic carbocycles. The summed E-state index contributed by atoms with van der Waals surface area (Å²) in [6, 6.07) is 6.28. The fourth-order valence-electron chi connectivity index (χ4n) is 2.02. The first-order valence-corrected chi connectivity index (χ1v) is 8.67. The molecule has 1 heterocycles. The number of aryl methyl sites for hydroxylation is 1. The molecule has 0 aliphatic rings. The molecule has 0 saturated carbocycles. The molecule has 108 valence electrons. The molecule has 0 radical (unpaired) electrons. The van der Waals surface area contributed by atoms with Crippen LogP contribution < -0.4 is 5.32 Å². The molecule has 0 aliphatic heterocycles. The van der Waals surface area contributed by atoms with Gasteiger partial charge in [0.15, 0.2) is 0 Å². The van der Waals surface area contributed by atoms with E-state index in [0.29, 0.717) is 6.04 Å². The van der Waals surface area contributed by atoms with Crippen LogP contribution in [0, 0.1) is 6.92 Å². The zero-order chi connectivity index (χ0) is 14.7. The Balaban J connectivity index is 2.28. The molecule has 2 nitrogen and oxygen atoms in total. The van der Waals surface area contributed by atoms with Crippen LogP contribution in [-0.4, -0.2) is 11.5 Å². The van der Waals surface area contributed by atoms with E-state index in [-0.39, 0.29) is 0 Å². The van der Waals surface area contributed by atoms with Gasteiger partial charge in [0.05, 0.1) is 10.7 Å². The smallest absolute Gasteiger partial charge is 0.123 e. The SMILES string of the molecule is CCCNC(C)c1sc(-c2ccc(Cl)c(Br)c2)nc1C. The lowest BCUT2D eigenvalue weighted by molar-refractivity contribution is 0.575. The summed E-state index contributed by atoms with van der Waals surface area (Å²) < 4.78 is 0.906. The van der Waals surface area contributed by atoms with Crippen molar-refractivity contribution in [1.82, 2.24) is 10.3 Å². The second-order valence-corrected chi connectivity index (χ2v) is 7.07. The second-order valence-electron chi connectivity index (χ2n) is 4.77. The van der Waals surface area contributed by atoms with E-state index in [0.717, 1.165) is 38.7 Å². The van der Waals surface area contributed by atoms with Crippen LogP contribution in [0.15, 0.2) is 22.7 Å². The van der Waals surface area contributed by atoms with Gasteiger partial charge in [-0.2, -0.15) is 0 Å². The summed E-state index contributed by atoms with van der Waals surface area (Å²) in [5.74, 6) is 0. The molecule has 2 rings (SSSR count). The minimum atomic E-state index is 0.344. The van der Waals surface area contributed by atoms with Crippen LogP contribution in [0.2, 0.25) is 5.02 Å². The molecule has 0 spiro atoms. The number of hydrogen-bond donors (Lipinski definition) is 1. The first-order chi connectivity index (χ1) is 9.52. The summed E-state index contributed by atoms with van der Waals surface area (Å²) in [6.07, 6.45) is 1.14. The quantitative estimate of drug-likeness (QED) is 0.738. The van der Waals surface area contributed by atoms with E-state index in [1.807, 2.05) is 18.2 Å². The molecular formula is C15H18BrClN2S. The van der Waals surface area contributed by atoms with Crippen LogP contribution in [-0.2, 0) is 0 Å². The zero-order valence-electron chi connectivity index (χ0n) is 11.8. The van der Waals surface area contributed by atoms with Crippen molar-refractivity contribution < 1.29 is 0 Å². The predicted octanol–water partition coefficient (Wildman–Crippen LogP) is 5.60. The van der Waals surface area contributed by atoms with Gasteiger partial charge in [-0.05, 0) is 54.9 Å². The first-order valence-electron chi connectivity index (χ1n) is 6.69. The van der Waals surface area contributed by atoms with Crippen LogP contribution in [0.1, 0.15) is 36.9 Å². The van der Waals surface area contributed by atoms with Gasteiger partial charge in [0.1, 0.15) is 5.01 Å². The molecule has 1 atom stereocenters. The van der Waals surface area contributed by atoms with Crippen molar-refractivity contribution >= 4 is 38.9 Å². The molecule has 1 aromatic heterocycles. The lowest BCUT2D eigenvalue weighted by Crippen LogP contribution is -2.18. The van der Waals surface area contributed by atoms with Gasteiger partial charge in [-0.1, -0.05) is 24.6 Å². The third-order valence-electron chi connectivity index (χ3n) is 3.09. The van der Waals surface area contributed by atoms with Gasteiger partial charge in [0.25, 0.3) is 0 Å². The third-order valence-corrected chi connectivity index (χ3v) is 5.70. The van der Waals surface area contributed by atoms with Gasteiger partial charge >= 0.3 is 0 Å². The molecule has 1 N–H and O–H groups in total. The average molecular weight is 374 g/mol. The van der Waals surface area contributed by atoms with Crippen molar-refractivity contribution in [3.05, 3.63) is 38.3 Å². The van der Waals surface area contributed by atoms with E-state index < -0.39 is 0 Å². The Labute approximate surface area is 137 Å². The van der Waals surface area contributed by atoms with Gasteiger partial charge in [-0.25, -0.2) is 4.98 Å². The number of benzene rings is 1. The standard InChI is InChI=1S/C15H18BrClN2S/c1-4-7-18-9(2)14-10(3)19-15(20-14)11-5-6-13(17)12(16)8-11/h5-6,8-9,18H,4,7H2,1-3H3. The highest BCUT2D eigenvalue weighted by atomic mass is 79.9. The molecule has 0 saturated heterocycles. The monoisotopic (exact) mass is 372 g/mol. The van der Waals surface area contributed by atoms with Crippen LogP contribution in [0.5, 0.6) is 0 Å². The Morgan fingerprint density at radius 1 is 1.45 bits per heavy atom. The Morgan fingerprint density at radius 2 is 2.20 bits per heavy atom. The van der Waals surface area contributed by atoms with Crippen LogP contribution >= 0.6 is 38.9 Å². The van der Waals surface area contributed by atoms with Crippen LogP contribution in [0.25, 0.3) is 10.6 Å². The number of nitrogens with zero attached hydrogens (tertiary/aromatic N) is 1. The number of rotatable bonds is 5. The molecular weight excluding hydrogens is 356 g/mol. The van der Waals surface area contributed by atoms with Crippen molar-refractivity contribution in [3.63, 3.8) is 0 Å². The maximum atomic E-state index is 6.04.